The van der Waals surface area contributed by atoms with Gasteiger partial charge in [0.05, 0.1) is 53.6 Å². The van der Waals surface area contributed by atoms with E-state index in [4.69, 9.17) is 16.3 Å². The molecule has 8 heteroatoms. The first kappa shape index (κ1) is 18.1. The number of amides is 1. The summed E-state index contributed by atoms with van der Waals surface area (Å²) < 4.78 is 5.19. The minimum absolute atomic E-state index is 0.0123. The lowest BCUT2D eigenvalue weighted by Crippen LogP contribution is -2.34. The number of ether oxygens (including phenoxy) is 1. The number of rotatable bonds is 4. The molecule has 2 aromatic heterocycles. The molecule has 0 aliphatic carbocycles. The molecule has 4 rings (SSSR count). The van der Waals surface area contributed by atoms with Crippen molar-refractivity contribution in [2.45, 2.75) is 33.0 Å². The summed E-state index contributed by atoms with van der Waals surface area (Å²) in [6.07, 6.45) is 4.26. The Kier molecular flexibility index (Phi) is 4.97. The van der Waals surface area contributed by atoms with E-state index >= 15 is 0 Å². The average Bonchev–Trinajstić information content (AvgIpc) is 3.34. The van der Waals surface area contributed by atoms with Gasteiger partial charge in [-0.05, 0) is 30.5 Å². The Morgan fingerprint density at radius 1 is 1.37 bits per heavy atom. The molecular weight excluding hydrogens is 366 g/mol. The Morgan fingerprint density at radius 3 is 2.96 bits per heavy atom. The van der Waals surface area contributed by atoms with E-state index in [0.717, 1.165) is 41.2 Å². The second-order valence-corrected chi connectivity index (χ2v) is 7.46. The summed E-state index contributed by atoms with van der Waals surface area (Å²) in [7, 11) is 1.63. The van der Waals surface area contributed by atoms with Crippen molar-refractivity contribution in [3.63, 3.8) is 0 Å². The SMILES string of the molecule is COCc1nc2c(c(C)c1Cl)CN(C(=O)C1CCN(c3ccnnc3)C1)C2. The van der Waals surface area contributed by atoms with E-state index in [1.54, 1.807) is 19.5 Å². The molecule has 0 radical (unpaired) electrons. The maximum atomic E-state index is 13.1. The molecule has 0 bridgehead atoms. The largest absolute Gasteiger partial charge is 0.378 e. The maximum Gasteiger partial charge on any atom is 0.228 e. The quantitative estimate of drug-likeness (QED) is 0.801. The normalized spacial score (nSPS) is 18.9. The van der Waals surface area contributed by atoms with Crippen molar-refractivity contribution in [2.75, 3.05) is 25.1 Å². The molecule has 0 saturated carbocycles. The molecule has 4 heterocycles. The highest BCUT2D eigenvalue weighted by Crippen LogP contribution is 2.33. The van der Waals surface area contributed by atoms with Crippen LogP contribution in [0.15, 0.2) is 18.5 Å². The standard InChI is InChI=1S/C19H22ClN5O2/c1-12-15-9-25(10-16(15)23-17(11-27-2)18(12)20)19(26)13-4-6-24(8-13)14-3-5-21-22-7-14/h3,5,7,13H,4,6,8-11H2,1-2H3. The van der Waals surface area contributed by atoms with E-state index < -0.39 is 0 Å². The van der Waals surface area contributed by atoms with Gasteiger partial charge in [0.15, 0.2) is 0 Å². The van der Waals surface area contributed by atoms with Gasteiger partial charge < -0.3 is 14.5 Å². The second kappa shape index (κ2) is 7.40. The predicted molar refractivity (Wildman–Crippen MR) is 101 cm³/mol. The van der Waals surface area contributed by atoms with Gasteiger partial charge in [0.25, 0.3) is 0 Å². The van der Waals surface area contributed by atoms with Crippen LogP contribution in [0.2, 0.25) is 5.02 Å². The number of hydrogen-bond acceptors (Lipinski definition) is 6. The molecular formula is C19H22ClN5O2. The molecule has 0 aromatic carbocycles. The summed E-state index contributed by atoms with van der Waals surface area (Å²) in [5.74, 6) is 0.169. The van der Waals surface area contributed by atoms with Crippen molar-refractivity contribution < 1.29 is 9.53 Å². The van der Waals surface area contributed by atoms with Gasteiger partial charge in [-0.25, -0.2) is 0 Å². The Balaban J connectivity index is 1.47. The van der Waals surface area contributed by atoms with Crippen LogP contribution in [-0.4, -0.2) is 46.2 Å². The van der Waals surface area contributed by atoms with Crippen LogP contribution in [-0.2, 0) is 29.2 Å². The number of pyridine rings is 1. The van der Waals surface area contributed by atoms with Crippen LogP contribution < -0.4 is 4.90 Å². The smallest absolute Gasteiger partial charge is 0.228 e. The van der Waals surface area contributed by atoms with Gasteiger partial charge in [-0.1, -0.05) is 11.6 Å². The van der Waals surface area contributed by atoms with Gasteiger partial charge >= 0.3 is 0 Å². The maximum absolute atomic E-state index is 13.1. The van der Waals surface area contributed by atoms with Gasteiger partial charge in [0.2, 0.25) is 5.91 Å². The van der Waals surface area contributed by atoms with Crippen LogP contribution in [0.3, 0.4) is 0 Å². The van der Waals surface area contributed by atoms with Gasteiger partial charge in [0, 0.05) is 26.7 Å². The number of carbonyl (C=O) groups is 1. The molecule has 2 aromatic rings. The van der Waals surface area contributed by atoms with E-state index in [1.165, 1.54) is 0 Å². The van der Waals surface area contributed by atoms with Crippen LogP contribution >= 0.6 is 11.6 Å². The molecule has 0 spiro atoms. The summed E-state index contributed by atoms with van der Waals surface area (Å²) in [6.45, 7) is 5.04. The van der Waals surface area contributed by atoms with Gasteiger partial charge in [-0.15, -0.1) is 0 Å². The van der Waals surface area contributed by atoms with Crippen LogP contribution in [0.1, 0.15) is 28.9 Å². The van der Waals surface area contributed by atoms with E-state index in [9.17, 15) is 4.79 Å². The number of halogens is 1. The lowest BCUT2D eigenvalue weighted by molar-refractivity contribution is -0.135. The molecule has 2 aliphatic rings. The molecule has 142 valence electrons. The summed E-state index contributed by atoms with van der Waals surface area (Å²) in [5.41, 5.74) is 4.76. The number of hydrogen-bond donors (Lipinski definition) is 0. The first-order valence-electron chi connectivity index (χ1n) is 9.04. The molecule has 1 fully saturated rings. The van der Waals surface area contributed by atoms with E-state index in [-0.39, 0.29) is 11.8 Å². The van der Waals surface area contributed by atoms with Crippen LogP contribution in [0.25, 0.3) is 0 Å². The zero-order valence-electron chi connectivity index (χ0n) is 15.5. The van der Waals surface area contributed by atoms with Crippen molar-refractivity contribution >= 4 is 23.2 Å². The monoisotopic (exact) mass is 387 g/mol. The fourth-order valence-corrected chi connectivity index (χ4v) is 4.14. The summed E-state index contributed by atoms with van der Waals surface area (Å²) in [6, 6.07) is 1.93. The van der Waals surface area contributed by atoms with Crippen molar-refractivity contribution in [1.29, 1.82) is 0 Å². The lowest BCUT2D eigenvalue weighted by atomic mass is 10.1. The van der Waals surface area contributed by atoms with Crippen LogP contribution in [0.5, 0.6) is 0 Å². The Labute approximate surface area is 163 Å². The predicted octanol–water partition coefficient (Wildman–Crippen LogP) is 2.35. The van der Waals surface area contributed by atoms with Crippen molar-refractivity contribution in [1.82, 2.24) is 20.1 Å². The highest BCUT2D eigenvalue weighted by molar-refractivity contribution is 6.32. The lowest BCUT2D eigenvalue weighted by Gasteiger charge is -2.21. The molecule has 1 unspecified atom stereocenters. The molecule has 7 nitrogen and oxygen atoms in total. The number of methoxy groups -OCH3 is 1. The number of nitrogens with zero attached hydrogens (tertiary/aromatic N) is 5. The van der Waals surface area contributed by atoms with Crippen molar-refractivity contribution in [3.8, 4) is 0 Å². The Hall–Kier alpha value is -2.25. The van der Waals surface area contributed by atoms with Crippen molar-refractivity contribution in [2.24, 2.45) is 5.92 Å². The highest BCUT2D eigenvalue weighted by Gasteiger charge is 2.35. The fraction of sp³-hybridized carbons (Fsp3) is 0.474. The molecule has 2 aliphatic heterocycles. The summed E-state index contributed by atoms with van der Waals surface area (Å²) in [5, 5.41) is 8.38. The van der Waals surface area contributed by atoms with Gasteiger partial charge in [0.1, 0.15) is 0 Å². The highest BCUT2D eigenvalue weighted by atomic mass is 35.5. The Morgan fingerprint density at radius 2 is 2.22 bits per heavy atom. The topological polar surface area (TPSA) is 71.5 Å². The number of aromatic nitrogens is 3. The first-order valence-corrected chi connectivity index (χ1v) is 9.42. The zero-order chi connectivity index (χ0) is 19.0. The average molecular weight is 388 g/mol. The third-order valence-electron chi connectivity index (χ3n) is 5.41. The molecule has 0 N–H and O–H groups in total. The number of fused-ring (bicyclic) bond motifs is 1. The van der Waals surface area contributed by atoms with E-state index in [2.05, 4.69) is 20.1 Å². The third kappa shape index (κ3) is 3.37. The van der Waals surface area contributed by atoms with Crippen LogP contribution in [0.4, 0.5) is 5.69 Å². The number of anilines is 1. The van der Waals surface area contributed by atoms with Gasteiger partial charge in [-0.2, -0.15) is 10.2 Å². The number of carbonyl (C=O) groups excluding carboxylic acids is 1. The van der Waals surface area contributed by atoms with Crippen LogP contribution in [0, 0.1) is 12.8 Å². The summed E-state index contributed by atoms with van der Waals surface area (Å²) in [4.78, 5) is 21.8. The third-order valence-corrected chi connectivity index (χ3v) is 5.91. The van der Waals surface area contributed by atoms with E-state index in [0.29, 0.717) is 31.3 Å². The van der Waals surface area contributed by atoms with E-state index in [1.807, 2.05) is 17.9 Å². The Bertz CT molecular complexity index is 861. The van der Waals surface area contributed by atoms with Crippen molar-refractivity contribution in [3.05, 3.63) is 46.0 Å². The summed E-state index contributed by atoms with van der Waals surface area (Å²) >= 11 is 6.43. The molecule has 27 heavy (non-hydrogen) atoms. The molecule has 1 atom stereocenters. The first-order chi connectivity index (χ1) is 13.1. The minimum atomic E-state index is -0.0123. The molecule has 1 saturated heterocycles. The second-order valence-electron chi connectivity index (χ2n) is 7.08. The molecule has 1 amide bonds. The fourth-order valence-electron chi connectivity index (χ4n) is 3.93. The van der Waals surface area contributed by atoms with Gasteiger partial charge in [-0.3, -0.25) is 9.78 Å². The zero-order valence-corrected chi connectivity index (χ0v) is 16.2. The minimum Gasteiger partial charge on any atom is -0.378 e.